The fourth-order valence-corrected chi connectivity index (χ4v) is 3.07. The molecule has 0 heterocycles. The molecular weight excluding hydrogens is 250 g/mol. The summed E-state index contributed by atoms with van der Waals surface area (Å²) in [6.07, 6.45) is 8.33. The highest BCUT2D eigenvalue weighted by Gasteiger charge is 2.12. The van der Waals surface area contributed by atoms with Crippen molar-refractivity contribution in [2.45, 2.75) is 51.5 Å². The molecule has 20 heavy (non-hydrogen) atoms. The zero-order valence-corrected chi connectivity index (χ0v) is 12.1. The highest BCUT2D eigenvalue weighted by Crippen LogP contribution is 2.25. The number of hydrogen-bond acceptors (Lipinski definition) is 2. The Labute approximate surface area is 121 Å². The van der Waals surface area contributed by atoms with Crippen LogP contribution in [0.2, 0.25) is 0 Å². The first-order valence-corrected chi connectivity index (χ1v) is 7.75. The molecule has 0 radical (unpaired) electrons. The Balaban J connectivity index is 1.74. The lowest BCUT2D eigenvalue weighted by atomic mass is 9.87. The monoisotopic (exact) mass is 275 g/mol. The maximum atomic E-state index is 10.8. The van der Waals surface area contributed by atoms with Crippen molar-refractivity contribution in [1.82, 2.24) is 5.32 Å². The molecule has 2 N–H and O–H groups in total. The van der Waals surface area contributed by atoms with Crippen LogP contribution in [0.15, 0.2) is 24.3 Å². The van der Waals surface area contributed by atoms with Crippen molar-refractivity contribution in [2.75, 3.05) is 6.54 Å². The van der Waals surface area contributed by atoms with Gasteiger partial charge < -0.3 is 10.4 Å². The average Bonchev–Trinajstić information content (AvgIpc) is 2.46. The molecule has 0 aliphatic heterocycles. The number of carbonyl (C=O) groups is 1. The standard InChI is InChI=1S/C17H25NO2/c19-17(20)12-15-8-4-5-9-16(15)13-18-11-10-14-6-2-1-3-7-14/h4-5,8-9,14,18H,1-3,6-7,10-13H2,(H,19,20). The minimum Gasteiger partial charge on any atom is -0.481 e. The van der Waals surface area contributed by atoms with Crippen LogP contribution in [-0.4, -0.2) is 17.6 Å². The van der Waals surface area contributed by atoms with Crippen LogP contribution in [0.3, 0.4) is 0 Å². The Morgan fingerprint density at radius 1 is 1.15 bits per heavy atom. The molecule has 1 aliphatic carbocycles. The van der Waals surface area contributed by atoms with Gasteiger partial charge in [0.05, 0.1) is 6.42 Å². The molecule has 0 atom stereocenters. The molecule has 0 amide bonds. The largest absolute Gasteiger partial charge is 0.481 e. The smallest absolute Gasteiger partial charge is 0.307 e. The van der Waals surface area contributed by atoms with E-state index in [1.165, 1.54) is 38.5 Å². The molecule has 3 heteroatoms. The van der Waals surface area contributed by atoms with Crippen LogP contribution in [0.25, 0.3) is 0 Å². The van der Waals surface area contributed by atoms with E-state index >= 15 is 0 Å². The van der Waals surface area contributed by atoms with E-state index < -0.39 is 5.97 Å². The van der Waals surface area contributed by atoms with Gasteiger partial charge in [0.1, 0.15) is 0 Å². The van der Waals surface area contributed by atoms with E-state index in [2.05, 4.69) is 5.32 Å². The van der Waals surface area contributed by atoms with Crippen LogP contribution in [-0.2, 0) is 17.8 Å². The molecule has 1 aliphatic rings. The first kappa shape index (κ1) is 15.0. The van der Waals surface area contributed by atoms with Crippen molar-refractivity contribution in [3.05, 3.63) is 35.4 Å². The molecule has 0 saturated heterocycles. The second kappa shape index (κ2) is 8.05. The highest BCUT2D eigenvalue weighted by molar-refractivity contribution is 5.70. The summed E-state index contributed by atoms with van der Waals surface area (Å²) in [6, 6.07) is 7.81. The number of benzene rings is 1. The predicted molar refractivity (Wildman–Crippen MR) is 80.7 cm³/mol. The van der Waals surface area contributed by atoms with Crippen LogP contribution in [0.1, 0.15) is 49.7 Å². The Kier molecular flexibility index (Phi) is 6.06. The summed E-state index contributed by atoms with van der Waals surface area (Å²) in [4.78, 5) is 10.8. The predicted octanol–water partition coefficient (Wildman–Crippen LogP) is 3.37. The van der Waals surface area contributed by atoms with Crippen molar-refractivity contribution in [1.29, 1.82) is 0 Å². The molecule has 0 spiro atoms. The molecular formula is C17H25NO2. The summed E-state index contributed by atoms with van der Waals surface area (Å²) < 4.78 is 0. The molecule has 0 unspecified atom stereocenters. The molecule has 2 rings (SSSR count). The van der Waals surface area contributed by atoms with Crippen molar-refractivity contribution < 1.29 is 9.90 Å². The van der Waals surface area contributed by atoms with Crippen molar-refractivity contribution in [3.63, 3.8) is 0 Å². The Hall–Kier alpha value is -1.35. The second-order valence-corrected chi connectivity index (χ2v) is 5.81. The van der Waals surface area contributed by atoms with Crippen molar-refractivity contribution >= 4 is 5.97 Å². The quantitative estimate of drug-likeness (QED) is 0.750. The summed E-state index contributed by atoms with van der Waals surface area (Å²) in [6.45, 7) is 1.81. The van der Waals surface area contributed by atoms with Gasteiger partial charge in [0.25, 0.3) is 0 Å². The summed E-state index contributed by atoms with van der Waals surface area (Å²) in [5.74, 6) is 0.130. The van der Waals surface area contributed by atoms with Crippen LogP contribution in [0.4, 0.5) is 0 Å². The topological polar surface area (TPSA) is 49.3 Å². The highest BCUT2D eigenvalue weighted by atomic mass is 16.4. The molecule has 0 bridgehead atoms. The average molecular weight is 275 g/mol. The summed E-state index contributed by atoms with van der Waals surface area (Å²) in [7, 11) is 0. The third-order valence-corrected chi connectivity index (χ3v) is 4.23. The van der Waals surface area contributed by atoms with E-state index in [4.69, 9.17) is 5.11 Å². The Bertz CT molecular complexity index is 425. The Morgan fingerprint density at radius 2 is 1.85 bits per heavy atom. The number of carboxylic acid groups (broad SMARTS) is 1. The number of nitrogens with one attached hydrogen (secondary N) is 1. The molecule has 0 aromatic heterocycles. The normalized spacial score (nSPS) is 16.2. The number of rotatable bonds is 7. The third-order valence-electron chi connectivity index (χ3n) is 4.23. The minimum absolute atomic E-state index is 0.112. The van der Waals surface area contributed by atoms with Gasteiger partial charge in [-0.15, -0.1) is 0 Å². The van der Waals surface area contributed by atoms with Gasteiger partial charge in [0, 0.05) is 6.54 Å². The lowest BCUT2D eigenvalue weighted by molar-refractivity contribution is -0.136. The minimum atomic E-state index is -0.764. The molecule has 110 valence electrons. The lowest BCUT2D eigenvalue weighted by Gasteiger charge is -2.21. The van der Waals surface area contributed by atoms with E-state index in [0.29, 0.717) is 0 Å². The van der Waals surface area contributed by atoms with Crippen molar-refractivity contribution in [2.24, 2.45) is 5.92 Å². The maximum Gasteiger partial charge on any atom is 0.307 e. The first-order chi connectivity index (χ1) is 9.75. The zero-order valence-electron chi connectivity index (χ0n) is 12.1. The Morgan fingerprint density at radius 3 is 2.55 bits per heavy atom. The van der Waals surface area contributed by atoms with Crippen LogP contribution >= 0.6 is 0 Å². The van der Waals surface area contributed by atoms with Gasteiger partial charge in [-0.1, -0.05) is 56.4 Å². The summed E-state index contributed by atoms with van der Waals surface area (Å²) in [5, 5.41) is 12.4. The van der Waals surface area contributed by atoms with Crippen LogP contribution < -0.4 is 5.32 Å². The lowest BCUT2D eigenvalue weighted by Crippen LogP contribution is -2.20. The fraction of sp³-hybridized carbons (Fsp3) is 0.588. The van der Waals surface area contributed by atoms with Gasteiger partial charge in [0.2, 0.25) is 0 Å². The van der Waals surface area contributed by atoms with Gasteiger partial charge in [-0.05, 0) is 30.0 Å². The van der Waals surface area contributed by atoms with E-state index in [1.807, 2.05) is 24.3 Å². The van der Waals surface area contributed by atoms with Gasteiger partial charge in [0.15, 0.2) is 0 Å². The molecule has 1 fully saturated rings. The van der Waals surface area contributed by atoms with E-state index in [0.717, 1.165) is 30.1 Å². The van der Waals surface area contributed by atoms with E-state index in [1.54, 1.807) is 0 Å². The number of hydrogen-bond donors (Lipinski definition) is 2. The molecule has 3 nitrogen and oxygen atoms in total. The molecule has 1 aromatic carbocycles. The van der Waals surface area contributed by atoms with Gasteiger partial charge in [-0.3, -0.25) is 4.79 Å². The maximum absolute atomic E-state index is 10.8. The first-order valence-electron chi connectivity index (χ1n) is 7.75. The summed E-state index contributed by atoms with van der Waals surface area (Å²) >= 11 is 0. The van der Waals surface area contributed by atoms with Crippen molar-refractivity contribution in [3.8, 4) is 0 Å². The van der Waals surface area contributed by atoms with E-state index in [-0.39, 0.29) is 6.42 Å². The van der Waals surface area contributed by atoms with Gasteiger partial charge in [-0.2, -0.15) is 0 Å². The van der Waals surface area contributed by atoms with Crippen LogP contribution in [0.5, 0.6) is 0 Å². The third kappa shape index (κ3) is 4.97. The number of aliphatic carboxylic acids is 1. The van der Waals surface area contributed by atoms with Gasteiger partial charge in [-0.25, -0.2) is 0 Å². The van der Waals surface area contributed by atoms with E-state index in [9.17, 15) is 4.79 Å². The SMILES string of the molecule is O=C(O)Cc1ccccc1CNCCC1CCCCC1. The van der Waals surface area contributed by atoms with Crippen LogP contribution in [0, 0.1) is 5.92 Å². The zero-order chi connectivity index (χ0) is 14.2. The fourth-order valence-electron chi connectivity index (χ4n) is 3.07. The van der Waals surface area contributed by atoms with Gasteiger partial charge >= 0.3 is 5.97 Å². The molecule has 1 saturated carbocycles. The number of carboxylic acids is 1. The summed E-state index contributed by atoms with van der Waals surface area (Å²) in [5.41, 5.74) is 2.03. The molecule has 1 aromatic rings. The second-order valence-electron chi connectivity index (χ2n) is 5.81.